The van der Waals surface area contributed by atoms with E-state index in [4.69, 9.17) is 9.84 Å². The Labute approximate surface area is 113 Å². The lowest BCUT2D eigenvalue weighted by Gasteiger charge is -2.10. The monoisotopic (exact) mass is 257 g/mol. The molecule has 0 heterocycles. The van der Waals surface area contributed by atoms with Crippen LogP contribution >= 0.6 is 0 Å². The summed E-state index contributed by atoms with van der Waals surface area (Å²) in [6.07, 6.45) is 0.605. The average Bonchev–Trinajstić information content (AvgIpc) is 2.44. The predicted molar refractivity (Wildman–Crippen MR) is 76.5 cm³/mol. The van der Waals surface area contributed by atoms with Gasteiger partial charge in [0.15, 0.2) is 0 Å². The first-order chi connectivity index (χ1) is 9.33. The van der Waals surface area contributed by atoms with Crippen LogP contribution in [0.1, 0.15) is 11.1 Å². The Hall–Kier alpha value is -1.84. The van der Waals surface area contributed by atoms with Gasteiger partial charge in [0.05, 0.1) is 0 Å². The van der Waals surface area contributed by atoms with Crippen LogP contribution in [0, 0.1) is 0 Å². The second kappa shape index (κ2) is 6.92. The van der Waals surface area contributed by atoms with Gasteiger partial charge in [0.25, 0.3) is 0 Å². The van der Waals surface area contributed by atoms with E-state index in [9.17, 15) is 0 Å². The molecule has 0 aliphatic carbocycles. The maximum atomic E-state index is 9.04. The lowest BCUT2D eigenvalue weighted by Crippen LogP contribution is -2.04. The first-order valence-electron chi connectivity index (χ1n) is 6.43. The third kappa shape index (κ3) is 3.81. The van der Waals surface area contributed by atoms with E-state index in [0.717, 1.165) is 23.6 Å². The highest BCUT2D eigenvalue weighted by Crippen LogP contribution is 2.25. The van der Waals surface area contributed by atoms with E-state index in [-0.39, 0.29) is 6.61 Å². The number of aliphatic hydroxyl groups excluding tert-OH is 1. The highest BCUT2D eigenvalue weighted by Gasteiger charge is 2.03. The predicted octanol–water partition coefficient (Wildman–Crippen LogP) is 2.73. The van der Waals surface area contributed by atoms with Gasteiger partial charge in [-0.3, -0.25) is 0 Å². The number of benzene rings is 2. The summed E-state index contributed by atoms with van der Waals surface area (Å²) < 4.78 is 5.86. The molecule has 19 heavy (non-hydrogen) atoms. The lowest BCUT2D eigenvalue weighted by atomic mass is 10.1. The summed E-state index contributed by atoms with van der Waals surface area (Å²) in [6.45, 7) is 0.975. The lowest BCUT2D eigenvalue weighted by molar-refractivity contribution is 0.298. The van der Waals surface area contributed by atoms with Gasteiger partial charge in [-0.1, -0.05) is 30.3 Å². The van der Waals surface area contributed by atoms with Crippen molar-refractivity contribution in [1.29, 1.82) is 0 Å². The number of para-hydroxylation sites is 1. The Kier molecular flexibility index (Phi) is 4.95. The van der Waals surface area contributed by atoms with Gasteiger partial charge in [-0.2, -0.15) is 0 Å². The molecule has 0 amide bonds. The molecular weight excluding hydrogens is 238 g/mol. The van der Waals surface area contributed by atoms with Crippen molar-refractivity contribution in [2.24, 2.45) is 0 Å². The minimum Gasteiger partial charge on any atom is -0.457 e. The zero-order valence-corrected chi connectivity index (χ0v) is 11.1. The van der Waals surface area contributed by atoms with E-state index >= 15 is 0 Å². The first kappa shape index (κ1) is 13.6. The van der Waals surface area contributed by atoms with Crippen LogP contribution in [0.3, 0.4) is 0 Å². The SMILES string of the molecule is CNCc1ccc(Oc2ccccc2CCO)cc1. The zero-order valence-electron chi connectivity index (χ0n) is 11.1. The summed E-state index contributed by atoms with van der Waals surface area (Å²) in [6, 6.07) is 15.8. The van der Waals surface area contributed by atoms with Crippen LogP contribution < -0.4 is 10.1 Å². The van der Waals surface area contributed by atoms with Gasteiger partial charge >= 0.3 is 0 Å². The number of hydrogen-bond donors (Lipinski definition) is 2. The Morgan fingerprint density at radius 1 is 1.05 bits per heavy atom. The van der Waals surface area contributed by atoms with Gasteiger partial charge in [-0.25, -0.2) is 0 Å². The molecule has 0 radical (unpaired) electrons. The second-order valence-corrected chi connectivity index (χ2v) is 4.36. The van der Waals surface area contributed by atoms with E-state index in [2.05, 4.69) is 5.32 Å². The molecule has 0 saturated carbocycles. The third-order valence-corrected chi connectivity index (χ3v) is 2.89. The van der Waals surface area contributed by atoms with Gasteiger partial charge in [0.2, 0.25) is 0 Å². The quantitative estimate of drug-likeness (QED) is 0.836. The molecule has 0 aromatic heterocycles. The molecule has 0 atom stereocenters. The molecule has 100 valence electrons. The first-order valence-corrected chi connectivity index (χ1v) is 6.43. The summed E-state index contributed by atoms with van der Waals surface area (Å²) >= 11 is 0. The second-order valence-electron chi connectivity index (χ2n) is 4.36. The van der Waals surface area contributed by atoms with Crippen molar-refractivity contribution >= 4 is 0 Å². The largest absolute Gasteiger partial charge is 0.457 e. The van der Waals surface area contributed by atoms with Gasteiger partial charge in [-0.15, -0.1) is 0 Å². The molecule has 0 saturated heterocycles. The molecule has 2 aromatic rings. The maximum absolute atomic E-state index is 9.04. The summed E-state index contributed by atoms with van der Waals surface area (Å²) in [4.78, 5) is 0. The van der Waals surface area contributed by atoms with Crippen LogP contribution in [0.15, 0.2) is 48.5 Å². The summed E-state index contributed by atoms with van der Waals surface area (Å²) in [5.41, 5.74) is 2.24. The molecule has 3 heteroatoms. The fourth-order valence-electron chi connectivity index (χ4n) is 1.94. The Bertz CT molecular complexity index is 508. The van der Waals surface area contributed by atoms with Gasteiger partial charge in [0.1, 0.15) is 11.5 Å². The number of aliphatic hydroxyl groups is 1. The fraction of sp³-hybridized carbons (Fsp3) is 0.250. The molecule has 0 unspecified atom stereocenters. The number of ether oxygens (including phenoxy) is 1. The smallest absolute Gasteiger partial charge is 0.130 e. The van der Waals surface area contributed by atoms with E-state index in [1.165, 1.54) is 5.56 Å². The number of hydrogen-bond acceptors (Lipinski definition) is 3. The van der Waals surface area contributed by atoms with Crippen molar-refractivity contribution in [2.45, 2.75) is 13.0 Å². The molecular formula is C16H19NO2. The average molecular weight is 257 g/mol. The van der Waals surface area contributed by atoms with Crippen molar-refractivity contribution in [3.8, 4) is 11.5 Å². The van der Waals surface area contributed by atoms with Crippen LogP contribution in [0.4, 0.5) is 0 Å². The molecule has 0 bridgehead atoms. The van der Waals surface area contributed by atoms with E-state index in [1.54, 1.807) is 0 Å². The molecule has 0 spiro atoms. The zero-order chi connectivity index (χ0) is 13.5. The van der Waals surface area contributed by atoms with Crippen LogP contribution in [0.25, 0.3) is 0 Å². The molecule has 3 nitrogen and oxygen atoms in total. The molecule has 0 aliphatic rings. The fourth-order valence-corrected chi connectivity index (χ4v) is 1.94. The summed E-state index contributed by atoms with van der Waals surface area (Å²) in [5.74, 6) is 1.61. The molecule has 2 N–H and O–H groups in total. The van der Waals surface area contributed by atoms with Crippen molar-refractivity contribution in [1.82, 2.24) is 5.32 Å². The molecule has 0 fully saturated rings. The number of nitrogens with one attached hydrogen (secondary N) is 1. The van der Waals surface area contributed by atoms with E-state index in [1.807, 2.05) is 55.6 Å². The van der Waals surface area contributed by atoms with Crippen molar-refractivity contribution in [3.63, 3.8) is 0 Å². The van der Waals surface area contributed by atoms with Gasteiger partial charge < -0.3 is 15.2 Å². The Morgan fingerprint density at radius 3 is 2.47 bits per heavy atom. The third-order valence-electron chi connectivity index (χ3n) is 2.89. The highest BCUT2D eigenvalue weighted by atomic mass is 16.5. The van der Waals surface area contributed by atoms with Crippen LogP contribution in [-0.4, -0.2) is 18.8 Å². The van der Waals surface area contributed by atoms with E-state index in [0.29, 0.717) is 6.42 Å². The highest BCUT2D eigenvalue weighted by molar-refractivity contribution is 5.38. The van der Waals surface area contributed by atoms with Crippen molar-refractivity contribution in [2.75, 3.05) is 13.7 Å². The Balaban J connectivity index is 2.12. The van der Waals surface area contributed by atoms with Crippen LogP contribution in [0.2, 0.25) is 0 Å². The normalized spacial score (nSPS) is 10.4. The topological polar surface area (TPSA) is 41.5 Å². The van der Waals surface area contributed by atoms with Crippen molar-refractivity contribution < 1.29 is 9.84 Å². The Morgan fingerprint density at radius 2 is 1.79 bits per heavy atom. The minimum atomic E-state index is 0.126. The van der Waals surface area contributed by atoms with Crippen molar-refractivity contribution in [3.05, 3.63) is 59.7 Å². The van der Waals surface area contributed by atoms with Gasteiger partial charge in [-0.05, 0) is 42.8 Å². The molecule has 0 aliphatic heterocycles. The minimum absolute atomic E-state index is 0.126. The van der Waals surface area contributed by atoms with E-state index < -0.39 is 0 Å². The number of rotatable bonds is 6. The summed E-state index contributed by atoms with van der Waals surface area (Å²) in [5, 5.41) is 12.2. The standard InChI is InChI=1S/C16H19NO2/c1-17-12-13-6-8-15(9-7-13)19-16-5-3-2-4-14(16)10-11-18/h2-9,17-18H,10-12H2,1H3. The molecule has 2 aromatic carbocycles. The molecule has 2 rings (SSSR count). The van der Waals surface area contributed by atoms with Crippen LogP contribution in [-0.2, 0) is 13.0 Å². The van der Waals surface area contributed by atoms with Gasteiger partial charge in [0, 0.05) is 13.2 Å². The summed E-state index contributed by atoms with van der Waals surface area (Å²) in [7, 11) is 1.93. The van der Waals surface area contributed by atoms with Crippen LogP contribution in [0.5, 0.6) is 11.5 Å². The maximum Gasteiger partial charge on any atom is 0.130 e.